The molecule has 0 saturated carbocycles. The Morgan fingerprint density at radius 1 is 0.750 bits per heavy atom. The molecule has 1 heterocycles. The second kappa shape index (κ2) is 8.07. The van der Waals surface area contributed by atoms with Crippen LogP contribution in [-0.2, 0) is 0 Å². The highest BCUT2D eigenvalue weighted by atomic mass is 31.2. The van der Waals surface area contributed by atoms with E-state index >= 15 is 0 Å². The van der Waals surface area contributed by atoms with E-state index in [0.717, 1.165) is 0 Å². The van der Waals surface area contributed by atoms with Gasteiger partial charge < -0.3 is 0 Å². The first kappa shape index (κ1) is 14.0. The van der Waals surface area contributed by atoms with E-state index in [1.807, 2.05) is 0 Å². The van der Waals surface area contributed by atoms with Gasteiger partial charge in [0.15, 0.2) is 0 Å². The molecule has 0 spiro atoms. The van der Waals surface area contributed by atoms with E-state index in [4.69, 9.17) is 0 Å². The van der Waals surface area contributed by atoms with Gasteiger partial charge in [-0.15, -0.1) is 0 Å². The summed E-state index contributed by atoms with van der Waals surface area (Å²) in [6.45, 7) is 4.74. The second-order valence-corrected chi connectivity index (χ2v) is 8.97. The van der Waals surface area contributed by atoms with Crippen LogP contribution in [0.3, 0.4) is 0 Å². The molecule has 0 unspecified atom stereocenters. The molecule has 0 aliphatic carbocycles. The fourth-order valence-corrected chi connectivity index (χ4v) is 4.57. The molecule has 0 nitrogen and oxygen atoms in total. The fraction of sp³-hybridized carbons (Fsp3) is 0.733. The highest BCUT2D eigenvalue weighted by Crippen LogP contribution is 2.61. The summed E-state index contributed by atoms with van der Waals surface area (Å²) >= 11 is 0. The summed E-state index contributed by atoms with van der Waals surface area (Å²) in [6, 6.07) is 0. The van der Waals surface area contributed by atoms with Gasteiger partial charge >= 0.3 is 0 Å². The van der Waals surface area contributed by atoms with E-state index in [1.54, 1.807) is 0 Å². The standard InChI is InChI=1S/C15H28P/c1-3-4-5-6-7-8-9-10-13-16(2)14-11-12-15-16/h11-12,14-15H,3-10,13H2,1-2H3. The Balaban J connectivity index is 1.88. The monoisotopic (exact) mass is 239 g/mol. The molecule has 0 N–H and O–H groups in total. The average molecular weight is 239 g/mol. The van der Waals surface area contributed by atoms with Gasteiger partial charge in [0.1, 0.15) is 0 Å². The van der Waals surface area contributed by atoms with E-state index in [-0.39, 0.29) is 0 Å². The molecule has 1 radical (unpaired) electrons. The Kier molecular flexibility index (Phi) is 7.05. The van der Waals surface area contributed by atoms with Crippen molar-refractivity contribution in [3.05, 3.63) is 23.8 Å². The first-order valence-corrected chi connectivity index (χ1v) is 9.55. The molecule has 0 aromatic rings. The van der Waals surface area contributed by atoms with E-state index < -0.39 is 7.26 Å². The van der Waals surface area contributed by atoms with Crippen LogP contribution in [-0.4, -0.2) is 12.8 Å². The molecule has 0 amide bonds. The second-order valence-electron chi connectivity index (χ2n) is 5.23. The molecule has 0 fully saturated rings. The molecule has 0 aromatic carbocycles. The maximum atomic E-state index is 2.45. The van der Waals surface area contributed by atoms with Crippen molar-refractivity contribution >= 4 is 7.26 Å². The molecule has 0 saturated heterocycles. The predicted octanol–water partition coefficient (Wildman–Crippen LogP) is 5.82. The summed E-state index contributed by atoms with van der Waals surface area (Å²) in [5.74, 6) is 4.91. The lowest BCUT2D eigenvalue weighted by Gasteiger charge is -2.21. The highest BCUT2D eigenvalue weighted by molar-refractivity contribution is 7.81. The lowest BCUT2D eigenvalue weighted by molar-refractivity contribution is 0.586. The molecule has 1 heteroatoms. The fourth-order valence-electron chi connectivity index (χ4n) is 2.28. The summed E-state index contributed by atoms with van der Waals surface area (Å²) in [5, 5.41) is 0. The molecule has 0 atom stereocenters. The van der Waals surface area contributed by atoms with E-state index in [9.17, 15) is 0 Å². The smallest absolute Gasteiger partial charge is 0.0297 e. The maximum Gasteiger partial charge on any atom is -0.0297 e. The van der Waals surface area contributed by atoms with Crippen LogP contribution < -0.4 is 0 Å². The normalized spacial score (nSPS) is 17.1. The number of hydrogen-bond donors (Lipinski definition) is 0. The number of hydrogen-bond acceptors (Lipinski definition) is 0. The summed E-state index contributed by atoms with van der Waals surface area (Å²) < 4.78 is 0. The summed E-state index contributed by atoms with van der Waals surface area (Å²) in [6.07, 6.45) is 17.4. The minimum atomic E-state index is -0.747. The number of rotatable bonds is 9. The third-order valence-electron chi connectivity index (χ3n) is 3.46. The summed E-state index contributed by atoms with van der Waals surface area (Å²) in [7, 11) is -0.747. The molecular formula is C15H28P. The Hall–Kier alpha value is -0.0900. The van der Waals surface area contributed by atoms with Crippen LogP contribution in [0.2, 0.25) is 0 Å². The van der Waals surface area contributed by atoms with Crippen LogP contribution >= 0.6 is 7.26 Å². The Morgan fingerprint density at radius 3 is 1.81 bits per heavy atom. The summed E-state index contributed by atoms with van der Waals surface area (Å²) in [5.41, 5.74) is 0. The van der Waals surface area contributed by atoms with Crippen LogP contribution in [0.4, 0.5) is 0 Å². The zero-order valence-corrected chi connectivity index (χ0v) is 12.0. The van der Waals surface area contributed by atoms with Crippen LogP contribution in [0.25, 0.3) is 0 Å². The van der Waals surface area contributed by atoms with Crippen LogP contribution in [0.1, 0.15) is 58.3 Å². The largest absolute Gasteiger partial charge is 0.0877 e. The lowest BCUT2D eigenvalue weighted by atomic mass is 10.1. The molecule has 1 aliphatic heterocycles. The van der Waals surface area contributed by atoms with Crippen molar-refractivity contribution in [2.45, 2.75) is 58.3 Å². The third-order valence-corrected chi connectivity index (χ3v) is 6.44. The average Bonchev–Trinajstić information content (AvgIpc) is 2.70. The van der Waals surface area contributed by atoms with Gasteiger partial charge in [0.05, 0.1) is 0 Å². The zero-order chi connectivity index (χ0) is 11.7. The molecule has 0 bridgehead atoms. The highest BCUT2D eigenvalue weighted by Gasteiger charge is 2.15. The Morgan fingerprint density at radius 2 is 1.25 bits per heavy atom. The first-order chi connectivity index (χ1) is 7.77. The third kappa shape index (κ3) is 5.85. The Bertz CT molecular complexity index is 216. The van der Waals surface area contributed by atoms with Gasteiger partial charge in [0, 0.05) is 0 Å². The molecule has 1 aliphatic rings. The van der Waals surface area contributed by atoms with Gasteiger partial charge in [0.2, 0.25) is 0 Å². The van der Waals surface area contributed by atoms with Crippen LogP contribution in [0.5, 0.6) is 0 Å². The molecule has 16 heavy (non-hydrogen) atoms. The van der Waals surface area contributed by atoms with E-state index in [2.05, 4.69) is 37.4 Å². The van der Waals surface area contributed by atoms with Crippen LogP contribution in [0, 0.1) is 0 Å². The summed E-state index contributed by atoms with van der Waals surface area (Å²) in [4.78, 5) is 0. The quantitative estimate of drug-likeness (QED) is 0.351. The van der Waals surface area contributed by atoms with Gasteiger partial charge in [0.25, 0.3) is 0 Å². The molecule has 93 valence electrons. The van der Waals surface area contributed by atoms with Crippen molar-refractivity contribution in [2.75, 3.05) is 12.8 Å². The predicted molar refractivity (Wildman–Crippen MR) is 78.6 cm³/mol. The van der Waals surface area contributed by atoms with Crippen molar-refractivity contribution in [2.24, 2.45) is 0 Å². The maximum absolute atomic E-state index is 2.45. The van der Waals surface area contributed by atoms with Gasteiger partial charge in [-0.1, -0.05) is 82.9 Å². The van der Waals surface area contributed by atoms with Crippen LogP contribution in [0.15, 0.2) is 23.8 Å². The molecular weight excluding hydrogens is 211 g/mol. The first-order valence-electron chi connectivity index (χ1n) is 6.99. The Labute approximate surface area is 103 Å². The molecule has 1 rings (SSSR count). The van der Waals surface area contributed by atoms with Gasteiger partial charge in [-0.25, -0.2) is 0 Å². The van der Waals surface area contributed by atoms with Gasteiger partial charge in [-0.2, -0.15) is 0 Å². The van der Waals surface area contributed by atoms with E-state index in [0.29, 0.717) is 0 Å². The topological polar surface area (TPSA) is 0 Å². The van der Waals surface area contributed by atoms with Crippen molar-refractivity contribution in [3.63, 3.8) is 0 Å². The molecule has 0 aromatic heterocycles. The minimum Gasteiger partial charge on any atom is -0.0877 e. The minimum absolute atomic E-state index is 0.747. The van der Waals surface area contributed by atoms with E-state index in [1.165, 1.54) is 57.5 Å². The van der Waals surface area contributed by atoms with Crippen molar-refractivity contribution in [3.8, 4) is 0 Å². The zero-order valence-electron chi connectivity index (χ0n) is 11.1. The lowest BCUT2D eigenvalue weighted by Crippen LogP contribution is -1.90. The number of allylic oxidation sites excluding steroid dienone is 2. The SMILES string of the molecule is CCCCCCCCCC[P]1(C)C=CC=C1. The van der Waals surface area contributed by atoms with Gasteiger partial charge in [-0.3, -0.25) is 0 Å². The van der Waals surface area contributed by atoms with Gasteiger partial charge in [-0.05, 0) is 19.2 Å². The van der Waals surface area contributed by atoms with Crippen molar-refractivity contribution in [1.29, 1.82) is 0 Å². The van der Waals surface area contributed by atoms with Crippen molar-refractivity contribution < 1.29 is 0 Å². The number of unbranched alkanes of at least 4 members (excludes halogenated alkanes) is 7. The van der Waals surface area contributed by atoms with Crippen molar-refractivity contribution in [1.82, 2.24) is 0 Å².